The van der Waals surface area contributed by atoms with Gasteiger partial charge >= 0.3 is 5.97 Å². The molecule has 1 aromatic rings. The number of anilines is 1. The number of ether oxygens (including phenoxy) is 1. The largest absolute Gasteiger partial charge is 0.481 e. The van der Waals surface area contributed by atoms with Crippen LogP contribution < -0.4 is 5.73 Å². The van der Waals surface area contributed by atoms with Crippen LogP contribution in [0.5, 0.6) is 0 Å². The van der Waals surface area contributed by atoms with Crippen molar-refractivity contribution in [3.8, 4) is 0 Å². The summed E-state index contributed by atoms with van der Waals surface area (Å²) >= 11 is 0. The molecule has 0 saturated carbocycles. The van der Waals surface area contributed by atoms with Crippen molar-refractivity contribution in [1.82, 2.24) is 0 Å². The molecule has 1 aliphatic heterocycles. The highest BCUT2D eigenvalue weighted by Gasteiger charge is 2.45. The van der Waals surface area contributed by atoms with E-state index in [1.54, 1.807) is 0 Å². The van der Waals surface area contributed by atoms with E-state index in [1.807, 2.05) is 0 Å². The van der Waals surface area contributed by atoms with Crippen molar-refractivity contribution in [1.29, 1.82) is 0 Å². The predicted molar refractivity (Wildman–Crippen MR) is 55.6 cm³/mol. The van der Waals surface area contributed by atoms with E-state index < -0.39 is 17.2 Å². The fraction of sp³-hybridized carbons (Fsp3) is 0.364. The van der Waals surface area contributed by atoms with Gasteiger partial charge in [-0.15, -0.1) is 0 Å². The highest BCUT2D eigenvalue weighted by atomic mass is 19.1. The highest BCUT2D eigenvalue weighted by Crippen LogP contribution is 2.37. The van der Waals surface area contributed by atoms with Gasteiger partial charge in [0.1, 0.15) is 11.2 Å². The molecule has 1 saturated heterocycles. The molecule has 2 rings (SSSR count). The van der Waals surface area contributed by atoms with Crippen LogP contribution in [0.2, 0.25) is 0 Å². The average Bonchev–Trinajstić information content (AvgIpc) is 2.71. The van der Waals surface area contributed by atoms with Crippen molar-refractivity contribution in [3.05, 3.63) is 29.6 Å². The van der Waals surface area contributed by atoms with Crippen molar-refractivity contribution < 1.29 is 19.0 Å². The molecule has 1 aliphatic rings. The Balaban J connectivity index is 2.55. The lowest BCUT2D eigenvalue weighted by molar-refractivity contribution is -0.143. The monoisotopic (exact) mass is 225 g/mol. The van der Waals surface area contributed by atoms with Gasteiger partial charge in [-0.1, -0.05) is 0 Å². The Bertz CT molecular complexity index is 427. The van der Waals surface area contributed by atoms with Gasteiger partial charge in [-0.3, -0.25) is 4.79 Å². The molecular weight excluding hydrogens is 213 g/mol. The summed E-state index contributed by atoms with van der Waals surface area (Å²) in [7, 11) is 0. The number of hydrogen-bond donors (Lipinski definition) is 2. The third kappa shape index (κ3) is 1.53. The van der Waals surface area contributed by atoms with Crippen LogP contribution >= 0.6 is 0 Å². The fourth-order valence-corrected chi connectivity index (χ4v) is 2.00. The van der Waals surface area contributed by atoms with Crippen LogP contribution in [0.3, 0.4) is 0 Å². The summed E-state index contributed by atoms with van der Waals surface area (Å²) in [5.41, 5.74) is 5.09. The summed E-state index contributed by atoms with van der Waals surface area (Å²) in [6.45, 7) is 0.387. The van der Waals surface area contributed by atoms with Gasteiger partial charge in [0.25, 0.3) is 0 Å². The molecular formula is C11H12FNO3. The lowest BCUT2D eigenvalue weighted by Crippen LogP contribution is -2.37. The standard InChI is InChI=1S/C11H12FNO3/c12-7-1-2-9(13)8(5-7)11(10(14)15)3-4-16-6-11/h1-2,5H,3-4,6,13H2,(H,14,15). The maximum Gasteiger partial charge on any atom is 0.316 e. The second-order valence-electron chi connectivity index (χ2n) is 3.92. The van der Waals surface area contributed by atoms with E-state index in [9.17, 15) is 14.3 Å². The van der Waals surface area contributed by atoms with Crippen LogP contribution in [0.15, 0.2) is 18.2 Å². The summed E-state index contributed by atoms with van der Waals surface area (Å²) in [6, 6.07) is 3.77. The van der Waals surface area contributed by atoms with Gasteiger partial charge in [0.2, 0.25) is 0 Å². The molecule has 0 aliphatic carbocycles. The molecule has 0 bridgehead atoms. The van der Waals surface area contributed by atoms with Gasteiger partial charge in [-0.25, -0.2) is 4.39 Å². The zero-order chi connectivity index (χ0) is 11.8. The third-order valence-corrected chi connectivity index (χ3v) is 2.96. The van der Waals surface area contributed by atoms with E-state index in [4.69, 9.17) is 10.5 Å². The summed E-state index contributed by atoms with van der Waals surface area (Å²) in [6.07, 6.45) is 0.315. The molecule has 1 unspecified atom stereocenters. The van der Waals surface area contributed by atoms with E-state index >= 15 is 0 Å². The average molecular weight is 225 g/mol. The number of carboxylic acids is 1. The Kier molecular flexibility index (Phi) is 2.55. The van der Waals surface area contributed by atoms with Crippen LogP contribution in [0, 0.1) is 5.82 Å². The molecule has 16 heavy (non-hydrogen) atoms. The number of hydrogen-bond acceptors (Lipinski definition) is 3. The summed E-state index contributed by atoms with van der Waals surface area (Å²) in [4.78, 5) is 11.3. The van der Waals surface area contributed by atoms with Crippen molar-refractivity contribution in [2.75, 3.05) is 18.9 Å². The number of aliphatic carboxylic acids is 1. The minimum Gasteiger partial charge on any atom is -0.481 e. The molecule has 1 aromatic carbocycles. The van der Waals surface area contributed by atoms with Crippen molar-refractivity contribution in [3.63, 3.8) is 0 Å². The second-order valence-corrected chi connectivity index (χ2v) is 3.92. The Morgan fingerprint density at radius 2 is 2.31 bits per heavy atom. The van der Waals surface area contributed by atoms with Crippen LogP contribution in [0.25, 0.3) is 0 Å². The highest BCUT2D eigenvalue weighted by molar-refractivity contribution is 5.84. The number of carbonyl (C=O) groups is 1. The van der Waals surface area contributed by atoms with Gasteiger partial charge in [-0.2, -0.15) is 0 Å². The molecule has 5 heteroatoms. The van der Waals surface area contributed by atoms with Gasteiger partial charge in [0.05, 0.1) is 6.61 Å². The van der Waals surface area contributed by atoms with E-state index in [0.717, 1.165) is 0 Å². The molecule has 0 spiro atoms. The van der Waals surface area contributed by atoms with E-state index in [0.29, 0.717) is 18.6 Å². The Hall–Kier alpha value is -1.62. The van der Waals surface area contributed by atoms with Crippen LogP contribution in [-0.4, -0.2) is 24.3 Å². The Morgan fingerprint density at radius 1 is 1.56 bits per heavy atom. The molecule has 0 amide bonds. The molecule has 1 heterocycles. The smallest absolute Gasteiger partial charge is 0.316 e. The van der Waals surface area contributed by atoms with Crippen LogP contribution in [-0.2, 0) is 14.9 Å². The van der Waals surface area contributed by atoms with Gasteiger partial charge in [-0.05, 0) is 30.2 Å². The maximum absolute atomic E-state index is 13.1. The summed E-state index contributed by atoms with van der Waals surface area (Å²) in [5.74, 6) is -1.51. The first-order chi connectivity index (χ1) is 7.56. The first kappa shape index (κ1) is 10.9. The second kappa shape index (κ2) is 3.75. The number of carboxylic acid groups (broad SMARTS) is 1. The Labute approximate surface area is 91.8 Å². The lowest BCUT2D eigenvalue weighted by atomic mass is 9.79. The molecule has 3 N–H and O–H groups in total. The maximum atomic E-state index is 13.1. The molecule has 0 aromatic heterocycles. The van der Waals surface area contributed by atoms with E-state index in [1.165, 1.54) is 18.2 Å². The minimum atomic E-state index is -1.20. The zero-order valence-corrected chi connectivity index (χ0v) is 8.57. The molecule has 1 atom stereocenters. The summed E-state index contributed by atoms with van der Waals surface area (Å²) < 4.78 is 18.3. The van der Waals surface area contributed by atoms with E-state index in [-0.39, 0.29) is 12.3 Å². The minimum absolute atomic E-state index is 0.0377. The number of nitrogen functional groups attached to an aromatic ring is 1. The fourth-order valence-electron chi connectivity index (χ4n) is 2.00. The number of benzene rings is 1. The first-order valence-corrected chi connectivity index (χ1v) is 4.93. The summed E-state index contributed by atoms with van der Waals surface area (Å²) in [5, 5.41) is 9.27. The van der Waals surface area contributed by atoms with Gasteiger partial charge in [0, 0.05) is 12.3 Å². The normalized spacial score (nSPS) is 24.6. The predicted octanol–water partition coefficient (Wildman–Crippen LogP) is 1.15. The topological polar surface area (TPSA) is 72.6 Å². The van der Waals surface area contributed by atoms with Crippen LogP contribution in [0.1, 0.15) is 12.0 Å². The first-order valence-electron chi connectivity index (χ1n) is 4.93. The number of rotatable bonds is 2. The third-order valence-electron chi connectivity index (χ3n) is 2.96. The van der Waals surface area contributed by atoms with Crippen LogP contribution in [0.4, 0.5) is 10.1 Å². The van der Waals surface area contributed by atoms with Gasteiger partial charge in [0.15, 0.2) is 0 Å². The SMILES string of the molecule is Nc1ccc(F)cc1C1(C(=O)O)CCOC1. The van der Waals surface area contributed by atoms with Crippen molar-refractivity contribution in [2.45, 2.75) is 11.8 Å². The lowest BCUT2D eigenvalue weighted by Gasteiger charge is -2.24. The molecule has 1 fully saturated rings. The molecule has 86 valence electrons. The quantitative estimate of drug-likeness (QED) is 0.740. The zero-order valence-electron chi connectivity index (χ0n) is 8.57. The number of halogens is 1. The van der Waals surface area contributed by atoms with Crippen molar-refractivity contribution in [2.24, 2.45) is 0 Å². The molecule has 0 radical (unpaired) electrons. The Morgan fingerprint density at radius 3 is 2.88 bits per heavy atom. The van der Waals surface area contributed by atoms with E-state index in [2.05, 4.69) is 0 Å². The van der Waals surface area contributed by atoms with Crippen molar-refractivity contribution >= 4 is 11.7 Å². The molecule has 4 nitrogen and oxygen atoms in total. The van der Waals surface area contributed by atoms with Gasteiger partial charge < -0.3 is 15.6 Å². The number of nitrogens with two attached hydrogens (primary N) is 1.